The van der Waals surface area contributed by atoms with E-state index in [1.807, 2.05) is 6.92 Å². The van der Waals surface area contributed by atoms with Crippen molar-refractivity contribution >= 4 is 28.8 Å². The van der Waals surface area contributed by atoms with Crippen LogP contribution in [0.25, 0.3) is 0 Å². The molecule has 0 saturated heterocycles. The summed E-state index contributed by atoms with van der Waals surface area (Å²) in [5, 5.41) is 9.87. The minimum absolute atomic E-state index is 0.0703. The number of amides is 1. The summed E-state index contributed by atoms with van der Waals surface area (Å²) in [6, 6.07) is 0. The van der Waals surface area contributed by atoms with Crippen LogP contribution < -0.4 is 5.06 Å². The van der Waals surface area contributed by atoms with Crippen molar-refractivity contribution in [2.45, 2.75) is 19.8 Å². The summed E-state index contributed by atoms with van der Waals surface area (Å²) in [7, 11) is 0. The quantitative estimate of drug-likeness (QED) is 0.447. The second kappa shape index (κ2) is 6.19. The molecule has 0 fully saturated rings. The number of hydroxylamine groups is 1. The van der Waals surface area contributed by atoms with Gasteiger partial charge in [-0.25, -0.2) is 9.78 Å². The lowest BCUT2D eigenvalue weighted by Gasteiger charge is -2.12. The van der Waals surface area contributed by atoms with Crippen molar-refractivity contribution < 1.29 is 19.5 Å². The number of carboxylic acids is 1. The van der Waals surface area contributed by atoms with Crippen molar-refractivity contribution in [3.8, 4) is 0 Å². The third-order valence-electron chi connectivity index (χ3n) is 1.72. The molecule has 0 saturated carbocycles. The van der Waals surface area contributed by atoms with E-state index in [0.717, 1.165) is 29.2 Å². The number of carbonyl (C=O) groups is 2. The molecule has 1 aromatic rings. The van der Waals surface area contributed by atoms with Gasteiger partial charge in [-0.15, -0.1) is 0 Å². The summed E-state index contributed by atoms with van der Waals surface area (Å²) in [6.07, 6.45) is 3.44. The first kappa shape index (κ1) is 12.6. The van der Waals surface area contributed by atoms with Gasteiger partial charge in [-0.3, -0.25) is 9.63 Å². The molecule has 0 unspecified atom stereocenters. The molecular formula is C9H12N2O4S. The van der Waals surface area contributed by atoms with Crippen molar-refractivity contribution in [1.82, 2.24) is 4.98 Å². The van der Waals surface area contributed by atoms with Gasteiger partial charge in [0.1, 0.15) is 4.88 Å². The number of unbranched alkanes of at least 4 members (excludes halogenated alkanes) is 1. The third-order valence-corrected chi connectivity index (χ3v) is 2.68. The van der Waals surface area contributed by atoms with Gasteiger partial charge in [0.05, 0.1) is 12.8 Å². The van der Waals surface area contributed by atoms with Crippen molar-refractivity contribution in [2.24, 2.45) is 0 Å². The minimum atomic E-state index is -1.07. The first-order valence-electron chi connectivity index (χ1n) is 4.75. The Kier molecular flexibility index (Phi) is 4.87. The number of nitrogens with zero attached hydrogens (tertiary/aromatic N) is 2. The van der Waals surface area contributed by atoms with Crippen LogP contribution in [0.3, 0.4) is 0 Å². The van der Waals surface area contributed by atoms with E-state index in [9.17, 15) is 9.59 Å². The Bertz CT molecular complexity index is 366. The van der Waals surface area contributed by atoms with Crippen LogP contribution in [0.1, 0.15) is 29.4 Å². The fourth-order valence-electron chi connectivity index (χ4n) is 0.904. The van der Waals surface area contributed by atoms with E-state index < -0.39 is 5.97 Å². The average molecular weight is 244 g/mol. The number of hydrogen-bond donors (Lipinski definition) is 1. The van der Waals surface area contributed by atoms with Crippen LogP contribution >= 0.6 is 11.3 Å². The van der Waals surface area contributed by atoms with Crippen LogP contribution in [0.5, 0.6) is 0 Å². The molecule has 0 aromatic carbocycles. The molecule has 1 rings (SSSR count). The lowest BCUT2D eigenvalue weighted by molar-refractivity contribution is -0.114. The zero-order valence-electron chi connectivity index (χ0n) is 8.75. The van der Waals surface area contributed by atoms with Gasteiger partial charge in [0.2, 0.25) is 11.5 Å². The van der Waals surface area contributed by atoms with E-state index in [-0.39, 0.29) is 10.0 Å². The van der Waals surface area contributed by atoms with Gasteiger partial charge >= 0.3 is 5.97 Å². The summed E-state index contributed by atoms with van der Waals surface area (Å²) in [5.41, 5.74) is 0. The van der Waals surface area contributed by atoms with E-state index in [4.69, 9.17) is 9.94 Å². The first-order valence-corrected chi connectivity index (χ1v) is 5.57. The molecule has 0 bridgehead atoms. The maximum absolute atomic E-state index is 10.7. The van der Waals surface area contributed by atoms with Gasteiger partial charge in [0.25, 0.3) is 0 Å². The Balaban J connectivity index is 2.63. The highest BCUT2D eigenvalue weighted by molar-refractivity contribution is 7.17. The molecule has 1 N–H and O–H groups in total. The summed E-state index contributed by atoms with van der Waals surface area (Å²) < 4.78 is 0. The van der Waals surface area contributed by atoms with Crippen LogP contribution in [-0.4, -0.2) is 29.1 Å². The van der Waals surface area contributed by atoms with Crippen molar-refractivity contribution in [3.63, 3.8) is 0 Å². The van der Waals surface area contributed by atoms with Gasteiger partial charge in [0, 0.05) is 0 Å². The SMILES string of the molecule is CCCCON(C=O)c1ncc(C(=O)O)s1. The molecule has 88 valence electrons. The highest BCUT2D eigenvalue weighted by Gasteiger charge is 2.14. The van der Waals surface area contributed by atoms with Crippen LogP contribution in [0.15, 0.2) is 6.20 Å². The van der Waals surface area contributed by atoms with E-state index in [1.165, 1.54) is 6.20 Å². The highest BCUT2D eigenvalue weighted by atomic mass is 32.1. The number of thiazole rings is 1. The molecule has 7 heteroatoms. The molecule has 0 aliphatic rings. The highest BCUT2D eigenvalue weighted by Crippen LogP contribution is 2.21. The predicted molar refractivity (Wildman–Crippen MR) is 58.5 cm³/mol. The number of hydrogen-bond acceptors (Lipinski definition) is 5. The molecule has 0 spiro atoms. The zero-order chi connectivity index (χ0) is 12.0. The minimum Gasteiger partial charge on any atom is -0.477 e. The Morgan fingerprint density at radius 3 is 3.00 bits per heavy atom. The van der Waals surface area contributed by atoms with Crippen LogP contribution in [-0.2, 0) is 9.63 Å². The maximum Gasteiger partial charge on any atom is 0.347 e. The van der Waals surface area contributed by atoms with Gasteiger partial charge in [-0.2, -0.15) is 5.06 Å². The van der Waals surface area contributed by atoms with Crippen LogP contribution in [0.2, 0.25) is 0 Å². The molecule has 6 nitrogen and oxygen atoms in total. The van der Waals surface area contributed by atoms with Gasteiger partial charge < -0.3 is 5.11 Å². The summed E-state index contributed by atoms with van der Waals surface area (Å²) in [4.78, 5) is 30.3. The number of carbonyl (C=O) groups excluding carboxylic acids is 1. The lowest BCUT2D eigenvalue weighted by Crippen LogP contribution is -2.21. The lowest BCUT2D eigenvalue weighted by atomic mass is 10.4. The first-order chi connectivity index (χ1) is 7.69. The van der Waals surface area contributed by atoms with Crippen molar-refractivity contribution in [1.29, 1.82) is 0 Å². The molecular weight excluding hydrogens is 232 g/mol. The molecule has 0 aliphatic carbocycles. The van der Waals surface area contributed by atoms with E-state index in [0.29, 0.717) is 13.0 Å². The summed E-state index contributed by atoms with van der Waals surface area (Å²) in [5.74, 6) is -1.07. The monoisotopic (exact) mass is 244 g/mol. The standard InChI is InChI=1S/C9H12N2O4S/c1-2-3-4-15-11(6-12)9-10-5-7(16-9)8(13)14/h5-6H,2-4H2,1H3,(H,13,14). The largest absolute Gasteiger partial charge is 0.477 e. The number of aromatic carboxylic acids is 1. The smallest absolute Gasteiger partial charge is 0.347 e. The number of aromatic nitrogens is 1. The predicted octanol–water partition coefficient (Wildman–Crippen LogP) is 1.54. The maximum atomic E-state index is 10.7. The van der Waals surface area contributed by atoms with Crippen molar-refractivity contribution in [3.05, 3.63) is 11.1 Å². The fourth-order valence-corrected chi connectivity index (χ4v) is 1.58. The molecule has 16 heavy (non-hydrogen) atoms. The Morgan fingerprint density at radius 2 is 2.50 bits per heavy atom. The molecule has 0 radical (unpaired) electrons. The summed E-state index contributed by atoms with van der Waals surface area (Å²) >= 11 is 0.891. The average Bonchev–Trinajstić information content (AvgIpc) is 2.74. The molecule has 0 atom stereocenters. The Labute approximate surface area is 96.4 Å². The Hall–Kier alpha value is -1.47. The van der Waals surface area contributed by atoms with Crippen molar-refractivity contribution in [2.75, 3.05) is 11.7 Å². The third kappa shape index (κ3) is 3.28. The van der Waals surface area contributed by atoms with Gasteiger partial charge in [-0.1, -0.05) is 24.7 Å². The summed E-state index contributed by atoms with van der Waals surface area (Å²) in [6.45, 7) is 2.40. The van der Waals surface area contributed by atoms with Crippen LogP contribution in [0, 0.1) is 0 Å². The van der Waals surface area contributed by atoms with Gasteiger partial charge in [0.15, 0.2) is 0 Å². The molecule has 0 aliphatic heterocycles. The van der Waals surface area contributed by atoms with E-state index in [2.05, 4.69) is 4.98 Å². The zero-order valence-corrected chi connectivity index (χ0v) is 9.57. The second-order valence-corrected chi connectivity index (χ2v) is 3.94. The number of carboxylic acid groups (broad SMARTS) is 1. The van der Waals surface area contributed by atoms with Crippen LogP contribution in [0.4, 0.5) is 5.13 Å². The molecule has 1 amide bonds. The normalized spacial score (nSPS) is 10.1. The number of rotatable bonds is 7. The topological polar surface area (TPSA) is 79.7 Å². The Morgan fingerprint density at radius 1 is 1.75 bits per heavy atom. The fraction of sp³-hybridized carbons (Fsp3) is 0.444. The number of anilines is 1. The second-order valence-electron chi connectivity index (χ2n) is 2.93. The van der Waals surface area contributed by atoms with E-state index in [1.54, 1.807) is 0 Å². The van der Waals surface area contributed by atoms with E-state index >= 15 is 0 Å². The van der Waals surface area contributed by atoms with Gasteiger partial charge in [-0.05, 0) is 6.42 Å². The molecule has 1 aromatic heterocycles. The molecule has 1 heterocycles.